The molecule has 1 heterocycles. The quantitative estimate of drug-likeness (QED) is 0.654. The van der Waals surface area contributed by atoms with Crippen LogP contribution in [0.15, 0.2) is 24.3 Å². The molecule has 122 valence electrons. The van der Waals surface area contributed by atoms with Crippen molar-refractivity contribution in [3.63, 3.8) is 0 Å². The van der Waals surface area contributed by atoms with E-state index >= 15 is 0 Å². The number of rotatable bonds is 5. The van der Waals surface area contributed by atoms with Crippen LogP contribution in [0.4, 0.5) is 16.2 Å². The van der Waals surface area contributed by atoms with Crippen LogP contribution in [0.1, 0.15) is 12.8 Å². The van der Waals surface area contributed by atoms with Crippen LogP contribution in [0.3, 0.4) is 0 Å². The largest absolute Gasteiger partial charge is 0.376 e. The Morgan fingerprint density at radius 3 is 2.36 bits per heavy atom. The molecule has 0 saturated carbocycles. The van der Waals surface area contributed by atoms with Gasteiger partial charge in [-0.3, -0.25) is 4.79 Å². The molecule has 1 atom stereocenters. The van der Waals surface area contributed by atoms with E-state index in [0.717, 1.165) is 19.4 Å². The summed E-state index contributed by atoms with van der Waals surface area (Å²) in [5, 5.41) is 8.11. The number of nitrogens with one attached hydrogen (secondary N) is 3. The Morgan fingerprint density at radius 2 is 1.82 bits per heavy atom. The molecular weight excluding hydrogens is 308 g/mol. The molecule has 3 amide bonds. The van der Waals surface area contributed by atoms with Crippen LogP contribution in [0.25, 0.3) is 0 Å². The summed E-state index contributed by atoms with van der Waals surface area (Å²) in [6.45, 7) is 1.21. The summed E-state index contributed by atoms with van der Waals surface area (Å²) in [4.78, 5) is 22.8. The van der Waals surface area contributed by atoms with E-state index in [4.69, 9.17) is 10.5 Å². The first-order valence-electron chi connectivity index (χ1n) is 6.94. The van der Waals surface area contributed by atoms with Crippen molar-refractivity contribution in [2.24, 2.45) is 5.73 Å². The van der Waals surface area contributed by atoms with Crippen LogP contribution in [0, 0.1) is 0 Å². The number of carbonyl (C=O) groups is 2. The lowest BCUT2D eigenvalue weighted by molar-refractivity contribution is -0.114. The SMILES string of the molecule is Cl.NCC(=O)Nc1ccc(NC(=O)NCC2CCCO2)cc1. The van der Waals surface area contributed by atoms with Gasteiger partial charge in [0.2, 0.25) is 5.91 Å². The summed E-state index contributed by atoms with van der Waals surface area (Å²) in [6, 6.07) is 6.53. The molecule has 8 heteroatoms. The van der Waals surface area contributed by atoms with Crippen LogP contribution < -0.4 is 21.7 Å². The highest BCUT2D eigenvalue weighted by Gasteiger charge is 2.15. The van der Waals surface area contributed by atoms with Crippen molar-refractivity contribution in [2.75, 3.05) is 30.3 Å². The topological polar surface area (TPSA) is 105 Å². The van der Waals surface area contributed by atoms with Crippen molar-refractivity contribution in [3.05, 3.63) is 24.3 Å². The highest BCUT2D eigenvalue weighted by atomic mass is 35.5. The van der Waals surface area contributed by atoms with Gasteiger partial charge in [-0.2, -0.15) is 0 Å². The van der Waals surface area contributed by atoms with Gasteiger partial charge in [0.1, 0.15) is 0 Å². The van der Waals surface area contributed by atoms with Gasteiger partial charge in [-0.15, -0.1) is 12.4 Å². The molecule has 1 aliphatic heterocycles. The van der Waals surface area contributed by atoms with E-state index < -0.39 is 0 Å². The fourth-order valence-electron chi connectivity index (χ4n) is 2.04. The van der Waals surface area contributed by atoms with E-state index in [-0.39, 0.29) is 37.0 Å². The van der Waals surface area contributed by atoms with Crippen LogP contribution in [-0.4, -0.2) is 37.7 Å². The smallest absolute Gasteiger partial charge is 0.319 e. The van der Waals surface area contributed by atoms with Crippen molar-refractivity contribution in [2.45, 2.75) is 18.9 Å². The number of benzene rings is 1. The maximum atomic E-state index is 11.7. The van der Waals surface area contributed by atoms with Crippen molar-refractivity contribution < 1.29 is 14.3 Å². The molecule has 1 aromatic rings. The summed E-state index contributed by atoms with van der Waals surface area (Å²) < 4.78 is 5.42. The van der Waals surface area contributed by atoms with E-state index in [1.54, 1.807) is 24.3 Å². The van der Waals surface area contributed by atoms with Crippen LogP contribution in [-0.2, 0) is 9.53 Å². The number of amides is 3. The number of urea groups is 1. The van der Waals surface area contributed by atoms with Gasteiger partial charge < -0.3 is 26.4 Å². The summed E-state index contributed by atoms with van der Waals surface area (Å²) in [5.41, 5.74) is 6.49. The minimum atomic E-state index is -0.274. The maximum Gasteiger partial charge on any atom is 0.319 e. The van der Waals surface area contributed by atoms with Gasteiger partial charge in [0, 0.05) is 24.5 Å². The Hall–Kier alpha value is -1.83. The summed E-state index contributed by atoms with van der Waals surface area (Å²) in [5.74, 6) is -0.259. The van der Waals surface area contributed by atoms with E-state index in [0.29, 0.717) is 17.9 Å². The molecule has 1 saturated heterocycles. The summed E-state index contributed by atoms with van der Waals surface area (Å²) >= 11 is 0. The first-order valence-corrected chi connectivity index (χ1v) is 6.94. The van der Waals surface area contributed by atoms with Crippen LogP contribution in [0.2, 0.25) is 0 Å². The molecule has 0 radical (unpaired) electrons. The van der Waals surface area contributed by atoms with Crippen molar-refractivity contribution in [3.8, 4) is 0 Å². The number of halogens is 1. The normalized spacial score (nSPS) is 16.5. The van der Waals surface area contributed by atoms with Crippen molar-refractivity contribution in [1.29, 1.82) is 0 Å². The zero-order chi connectivity index (χ0) is 15.1. The van der Waals surface area contributed by atoms with Crippen LogP contribution >= 0.6 is 12.4 Å². The number of nitrogens with two attached hydrogens (primary N) is 1. The molecule has 2 rings (SSSR count). The third-order valence-electron chi connectivity index (χ3n) is 3.13. The highest BCUT2D eigenvalue weighted by molar-refractivity contribution is 5.93. The van der Waals surface area contributed by atoms with Gasteiger partial charge in [-0.25, -0.2) is 4.79 Å². The molecule has 5 N–H and O–H groups in total. The average Bonchev–Trinajstić information content (AvgIpc) is 3.00. The third kappa shape index (κ3) is 5.88. The minimum absolute atomic E-state index is 0. The van der Waals surface area contributed by atoms with Gasteiger partial charge in [-0.1, -0.05) is 0 Å². The molecule has 1 fully saturated rings. The van der Waals surface area contributed by atoms with E-state index in [1.165, 1.54) is 0 Å². The molecule has 1 aromatic carbocycles. The standard InChI is InChI=1S/C14H20N4O3.ClH/c15-8-13(19)17-10-3-5-11(6-4-10)18-14(20)16-9-12-2-1-7-21-12;/h3-6,12H,1-2,7-9,15H2,(H,17,19)(H2,16,18,20);1H. The minimum Gasteiger partial charge on any atom is -0.376 e. The Morgan fingerprint density at radius 1 is 1.18 bits per heavy atom. The van der Waals surface area contributed by atoms with E-state index in [1.807, 2.05) is 0 Å². The second kappa shape index (κ2) is 9.24. The Labute approximate surface area is 135 Å². The summed E-state index contributed by atoms with van der Waals surface area (Å²) in [6.07, 6.45) is 2.14. The Kier molecular flexibility index (Phi) is 7.65. The highest BCUT2D eigenvalue weighted by Crippen LogP contribution is 2.14. The lowest BCUT2D eigenvalue weighted by Crippen LogP contribution is -2.35. The predicted octanol–water partition coefficient (Wildman–Crippen LogP) is 1.31. The maximum absolute atomic E-state index is 11.7. The number of carbonyl (C=O) groups excluding carboxylic acids is 2. The zero-order valence-corrected chi connectivity index (χ0v) is 12.9. The molecular formula is C14H21ClN4O3. The van der Waals surface area contributed by atoms with Gasteiger partial charge in [-0.05, 0) is 37.1 Å². The molecule has 0 aromatic heterocycles. The van der Waals surface area contributed by atoms with Gasteiger partial charge in [0.15, 0.2) is 0 Å². The van der Waals surface area contributed by atoms with Gasteiger partial charge in [0.25, 0.3) is 0 Å². The molecule has 7 nitrogen and oxygen atoms in total. The fraction of sp³-hybridized carbons (Fsp3) is 0.429. The Bertz CT molecular complexity index is 489. The molecule has 0 aliphatic carbocycles. The lowest BCUT2D eigenvalue weighted by Gasteiger charge is -2.12. The first kappa shape index (κ1) is 18.2. The molecule has 1 aliphatic rings. The number of hydrogen-bond donors (Lipinski definition) is 4. The van der Waals surface area contributed by atoms with Gasteiger partial charge in [0.05, 0.1) is 12.6 Å². The van der Waals surface area contributed by atoms with Crippen molar-refractivity contribution >= 4 is 35.7 Å². The fourth-order valence-corrected chi connectivity index (χ4v) is 2.04. The van der Waals surface area contributed by atoms with Crippen molar-refractivity contribution in [1.82, 2.24) is 5.32 Å². The Balaban J connectivity index is 0.00000242. The van der Waals surface area contributed by atoms with Crippen LogP contribution in [0.5, 0.6) is 0 Å². The van der Waals surface area contributed by atoms with E-state index in [9.17, 15) is 9.59 Å². The molecule has 0 spiro atoms. The second-order valence-electron chi connectivity index (χ2n) is 4.80. The number of ether oxygens (including phenoxy) is 1. The molecule has 22 heavy (non-hydrogen) atoms. The zero-order valence-electron chi connectivity index (χ0n) is 12.1. The average molecular weight is 329 g/mol. The monoisotopic (exact) mass is 328 g/mol. The predicted molar refractivity (Wildman–Crippen MR) is 87.4 cm³/mol. The summed E-state index contributed by atoms with van der Waals surface area (Å²) in [7, 11) is 0. The van der Waals surface area contributed by atoms with E-state index in [2.05, 4.69) is 16.0 Å². The molecule has 1 unspecified atom stereocenters. The third-order valence-corrected chi connectivity index (χ3v) is 3.13. The molecule has 0 bridgehead atoms. The number of anilines is 2. The lowest BCUT2D eigenvalue weighted by atomic mass is 10.2. The first-order chi connectivity index (χ1) is 10.2. The number of hydrogen-bond acceptors (Lipinski definition) is 4. The second-order valence-corrected chi connectivity index (χ2v) is 4.80. The van der Waals surface area contributed by atoms with Gasteiger partial charge >= 0.3 is 6.03 Å².